The first-order chi connectivity index (χ1) is 6.45. The van der Waals surface area contributed by atoms with Crippen LogP contribution in [0.15, 0.2) is 6.20 Å². The molecule has 1 aromatic rings. The highest BCUT2D eigenvalue weighted by atomic mass is 127. The van der Waals surface area contributed by atoms with Gasteiger partial charge in [-0.15, -0.1) is 0 Å². The number of halogens is 4. The predicted molar refractivity (Wildman–Crippen MR) is 48.8 cm³/mol. The zero-order valence-electron chi connectivity index (χ0n) is 6.47. The number of rotatable bonds is 2. The van der Waals surface area contributed by atoms with Crippen LogP contribution in [-0.4, -0.2) is 16.1 Å². The molecular weight excluding hydrogens is 314 g/mol. The normalized spacial score (nSPS) is 10.6. The first-order valence-electron chi connectivity index (χ1n) is 3.30. The number of carboxylic acid groups (broad SMARTS) is 1. The summed E-state index contributed by atoms with van der Waals surface area (Å²) in [6.07, 6.45) is -2.45. The fourth-order valence-corrected chi connectivity index (χ4v) is 1.53. The monoisotopic (exact) mass is 317 g/mol. The van der Waals surface area contributed by atoms with Gasteiger partial charge >= 0.3 is 5.97 Å². The molecule has 0 bridgehead atoms. The number of pyridine rings is 1. The summed E-state index contributed by atoms with van der Waals surface area (Å²) in [5.41, 5.74) is -1.50. The maximum Gasteiger partial charge on any atom is 0.337 e. The van der Waals surface area contributed by atoms with Crippen molar-refractivity contribution in [3.63, 3.8) is 0 Å². The summed E-state index contributed by atoms with van der Waals surface area (Å²) in [4.78, 5) is 13.5. The van der Waals surface area contributed by atoms with Crippen LogP contribution in [-0.2, 0) is 0 Å². The van der Waals surface area contributed by atoms with Crippen molar-refractivity contribution in [1.29, 1.82) is 0 Å². The van der Waals surface area contributed by atoms with E-state index >= 15 is 0 Å². The lowest BCUT2D eigenvalue weighted by molar-refractivity contribution is 0.0683. The van der Waals surface area contributed by atoms with Gasteiger partial charge in [-0.1, -0.05) is 0 Å². The maximum absolute atomic E-state index is 12.7. The molecule has 76 valence electrons. The molecule has 0 aliphatic carbocycles. The first-order valence-corrected chi connectivity index (χ1v) is 4.38. The molecule has 0 aromatic carbocycles. The fraction of sp³-hybridized carbons (Fsp3) is 0.143. The number of alkyl halides is 2. The Hall–Kier alpha value is -0.860. The summed E-state index contributed by atoms with van der Waals surface area (Å²) in [7, 11) is 0. The Morgan fingerprint density at radius 3 is 2.57 bits per heavy atom. The Morgan fingerprint density at radius 1 is 1.57 bits per heavy atom. The minimum atomic E-state index is -3.04. The molecule has 0 aliphatic rings. The SMILES string of the molecule is O=C(O)c1cnc(F)c(I)c1C(F)F. The van der Waals surface area contributed by atoms with Gasteiger partial charge in [-0.25, -0.2) is 18.6 Å². The minimum absolute atomic E-state index is 0.461. The third-order valence-corrected chi connectivity index (χ3v) is 2.49. The molecule has 0 saturated heterocycles. The van der Waals surface area contributed by atoms with Crippen molar-refractivity contribution in [2.75, 3.05) is 0 Å². The lowest BCUT2D eigenvalue weighted by atomic mass is 10.1. The Balaban J connectivity index is 3.45. The van der Waals surface area contributed by atoms with Crippen LogP contribution in [0.1, 0.15) is 22.3 Å². The highest BCUT2D eigenvalue weighted by molar-refractivity contribution is 14.1. The van der Waals surface area contributed by atoms with E-state index in [9.17, 15) is 18.0 Å². The van der Waals surface area contributed by atoms with Crippen LogP contribution in [0.4, 0.5) is 13.2 Å². The molecule has 3 nitrogen and oxygen atoms in total. The Morgan fingerprint density at radius 2 is 2.14 bits per heavy atom. The molecule has 1 heterocycles. The summed E-state index contributed by atoms with van der Waals surface area (Å²) in [6, 6.07) is 0. The second kappa shape index (κ2) is 4.11. The van der Waals surface area contributed by atoms with Crippen molar-refractivity contribution in [2.24, 2.45) is 0 Å². The van der Waals surface area contributed by atoms with Crippen molar-refractivity contribution in [3.05, 3.63) is 26.8 Å². The Labute approximate surface area is 90.1 Å². The molecule has 0 amide bonds. The van der Waals surface area contributed by atoms with Gasteiger partial charge in [0, 0.05) is 6.20 Å². The summed E-state index contributed by atoms with van der Waals surface area (Å²) < 4.78 is 37.0. The van der Waals surface area contributed by atoms with Crippen LogP contribution in [0.25, 0.3) is 0 Å². The third kappa shape index (κ3) is 1.97. The van der Waals surface area contributed by atoms with E-state index < -0.39 is 33.0 Å². The van der Waals surface area contributed by atoms with Crippen LogP contribution in [0.5, 0.6) is 0 Å². The summed E-state index contributed by atoms with van der Waals surface area (Å²) in [5, 5.41) is 8.53. The molecule has 0 aliphatic heterocycles. The van der Waals surface area contributed by atoms with Crippen LogP contribution < -0.4 is 0 Å². The van der Waals surface area contributed by atoms with E-state index in [1.165, 1.54) is 22.6 Å². The van der Waals surface area contributed by atoms with Gasteiger partial charge < -0.3 is 5.11 Å². The van der Waals surface area contributed by atoms with Crippen molar-refractivity contribution in [2.45, 2.75) is 6.43 Å². The fourth-order valence-electron chi connectivity index (χ4n) is 0.861. The van der Waals surface area contributed by atoms with Crippen molar-refractivity contribution in [3.8, 4) is 0 Å². The van der Waals surface area contributed by atoms with E-state index in [4.69, 9.17) is 5.11 Å². The minimum Gasteiger partial charge on any atom is -0.478 e. The third-order valence-electron chi connectivity index (χ3n) is 1.46. The Bertz CT molecular complexity index is 383. The molecule has 0 atom stereocenters. The van der Waals surface area contributed by atoms with E-state index in [0.29, 0.717) is 6.20 Å². The highest BCUT2D eigenvalue weighted by Crippen LogP contribution is 2.28. The summed E-state index contributed by atoms with van der Waals surface area (Å²) >= 11 is 1.30. The maximum atomic E-state index is 12.7. The number of nitrogens with zero attached hydrogens (tertiary/aromatic N) is 1. The van der Waals surface area contributed by atoms with Gasteiger partial charge in [-0.3, -0.25) is 0 Å². The van der Waals surface area contributed by atoms with E-state index in [-0.39, 0.29) is 0 Å². The van der Waals surface area contributed by atoms with Crippen molar-refractivity contribution < 1.29 is 23.1 Å². The van der Waals surface area contributed by atoms with Crippen LogP contribution in [0.2, 0.25) is 0 Å². The van der Waals surface area contributed by atoms with Gasteiger partial charge in [0.05, 0.1) is 14.7 Å². The first kappa shape index (κ1) is 11.2. The zero-order chi connectivity index (χ0) is 10.9. The van der Waals surface area contributed by atoms with Crippen molar-refractivity contribution >= 4 is 28.6 Å². The van der Waals surface area contributed by atoms with E-state index in [1.54, 1.807) is 0 Å². The Kier molecular flexibility index (Phi) is 3.29. The molecule has 0 spiro atoms. The quantitative estimate of drug-likeness (QED) is 0.673. The second-order valence-electron chi connectivity index (χ2n) is 2.30. The van der Waals surface area contributed by atoms with Gasteiger partial charge in [0.1, 0.15) is 0 Å². The molecular formula is C7H3F3INO2. The molecule has 7 heteroatoms. The predicted octanol–water partition coefficient (Wildman–Crippen LogP) is 2.46. The number of aromatic nitrogens is 1. The van der Waals surface area contributed by atoms with E-state index in [0.717, 1.165) is 0 Å². The smallest absolute Gasteiger partial charge is 0.337 e. The van der Waals surface area contributed by atoms with Crippen LogP contribution in [0, 0.1) is 9.52 Å². The van der Waals surface area contributed by atoms with Crippen LogP contribution in [0.3, 0.4) is 0 Å². The van der Waals surface area contributed by atoms with Crippen LogP contribution >= 0.6 is 22.6 Å². The molecule has 0 fully saturated rings. The molecule has 14 heavy (non-hydrogen) atoms. The largest absolute Gasteiger partial charge is 0.478 e. The average Bonchev–Trinajstić information content (AvgIpc) is 2.08. The molecule has 1 aromatic heterocycles. The van der Waals surface area contributed by atoms with Gasteiger partial charge in [-0.2, -0.15) is 4.39 Å². The number of aromatic carboxylic acids is 1. The molecule has 1 rings (SSSR count). The topological polar surface area (TPSA) is 50.2 Å². The number of carbonyl (C=O) groups is 1. The van der Waals surface area contributed by atoms with Crippen molar-refractivity contribution in [1.82, 2.24) is 4.98 Å². The number of hydrogen-bond acceptors (Lipinski definition) is 2. The summed E-state index contributed by atoms with van der Waals surface area (Å²) in [6.45, 7) is 0. The highest BCUT2D eigenvalue weighted by Gasteiger charge is 2.24. The number of carboxylic acids is 1. The number of hydrogen-bond donors (Lipinski definition) is 1. The molecule has 0 saturated carbocycles. The standard InChI is InChI=1S/C7H3F3INO2/c8-5(9)3-2(7(13)14)1-12-6(10)4(3)11/h1,5H,(H,13,14). The lowest BCUT2D eigenvalue weighted by Crippen LogP contribution is -2.08. The van der Waals surface area contributed by atoms with Gasteiger partial charge in [0.15, 0.2) is 0 Å². The molecule has 0 radical (unpaired) electrons. The van der Waals surface area contributed by atoms with E-state index in [2.05, 4.69) is 4.98 Å². The van der Waals surface area contributed by atoms with E-state index in [1.807, 2.05) is 0 Å². The van der Waals surface area contributed by atoms with Gasteiger partial charge in [0.25, 0.3) is 6.43 Å². The molecule has 1 N–H and O–H groups in total. The van der Waals surface area contributed by atoms with Gasteiger partial charge in [-0.05, 0) is 22.6 Å². The summed E-state index contributed by atoms with van der Waals surface area (Å²) in [5.74, 6) is -2.64. The zero-order valence-corrected chi connectivity index (χ0v) is 8.63. The molecule has 0 unspecified atom stereocenters. The lowest BCUT2D eigenvalue weighted by Gasteiger charge is -2.06. The van der Waals surface area contributed by atoms with Gasteiger partial charge in [0.2, 0.25) is 5.95 Å². The second-order valence-corrected chi connectivity index (χ2v) is 3.37. The average molecular weight is 317 g/mol.